The third-order valence-electron chi connectivity index (χ3n) is 5.76. The van der Waals surface area contributed by atoms with Gasteiger partial charge in [-0.1, -0.05) is 54.6 Å². The summed E-state index contributed by atoms with van der Waals surface area (Å²) in [5.74, 6) is -0.353. The highest BCUT2D eigenvalue weighted by Crippen LogP contribution is 2.21. The van der Waals surface area contributed by atoms with E-state index in [0.29, 0.717) is 36.6 Å². The molecule has 7 heteroatoms. The van der Waals surface area contributed by atoms with E-state index in [2.05, 4.69) is 16.0 Å². The zero-order valence-corrected chi connectivity index (χ0v) is 18.9. The van der Waals surface area contributed by atoms with Gasteiger partial charge in [0.15, 0.2) is 0 Å². The highest BCUT2D eigenvalue weighted by molar-refractivity contribution is 6.00. The smallest absolute Gasteiger partial charge is 0.323 e. The van der Waals surface area contributed by atoms with Crippen molar-refractivity contribution in [1.82, 2.24) is 4.90 Å². The summed E-state index contributed by atoms with van der Waals surface area (Å²) in [5.41, 5.74) is 2.82. The molecule has 34 heavy (non-hydrogen) atoms. The minimum absolute atomic E-state index is 0.0410. The fraction of sp³-hybridized carbons (Fsp3) is 0.222. The lowest BCUT2D eigenvalue weighted by Gasteiger charge is -2.32. The Kier molecular flexibility index (Phi) is 7.55. The van der Waals surface area contributed by atoms with Crippen LogP contribution in [0.15, 0.2) is 84.9 Å². The Bertz CT molecular complexity index is 1130. The molecule has 4 rings (SSSR count). The largest absolute Gasteiger partial charge is 0.342 e. The van der Waals surface area contributed by atoms with Gasteiger partial charge < -0.3 is 20.9 Å². The monoisotopic (exact) mass is 456 g/mol. The summed E-state index contributed by atoms with van der Waals surface area (Å²) in [6.45, 7) is 1.08. The summed E-state index contributed by atoms with van der Waals surface area (Å²) < 4.78 is 0. The molecule has 1 heterocycles. The summed E-state index contributed by atoms with van der Waals surface area (Å²) >= 11 is 0. The standard InChI is InChI=1S/C27H28N4O3/c32-25(17-20-9-3-1-4-10-20)31-16-8-11-21(19-31)26(33)28-23-14-7-15-24(18-23)30-27(34)29-22-12-5-2-6-13-22/h1-7,9-10,12-15,18,21H,8,11,16-17,19H2,(H,28,33)(H2,29,30,34). The van der Waals surface area contributed by atoms with Gasteiger partial charge in [0.2, 0.25) is 11.8 Å². The van der Waals surface area contributed by atoms with Crippen LogP contribution in [-0.2, 0) is 16.0 Å². The molecule has 0 aliphatic carbocycles. The van der Waals surface area contributed by atoms with Crippen LogP contribution in [-0.4, -0.2) is 35.8 Å². The van der Waals surface area contributed by atoms with Crippen LogP contribution >= 0.6 is 0 Å². The average Bonchev–Trinajstić information content (AvgIpc) is 2.85. The fourth-order valence-electron chi connectivity index (χ4n) is 4.03. The van der Waals surface area contributed by atoms with Gasteiger partial charge in [0.25, 0.3) is 0 Å². The van der Waals surface area contributed by atoms with Crippen LogP contribution in [0.25, 0.3) is 0 Å². The molecule has 0 aromatic heterocycles. The number of amides is 4. The summed E-state index contributed by atoms with van der Waals surface area (Å²) in [5, 5.41) is 8.47. The first-order valence-corrected chi connectivity index (χ1v) is 11.4. The van der Waals surface area contributed by atoms with Crippen LogP contribution in [0.2, 0.25) is 0 Å². The number of hydrogen-bond acceptors (Lipinski definition) is 3. The highest BCUT2D eigenvalue weighted by atomic mass is 16.2. The summed E-state index contributed by atoms with van der Waals surface area (Å²) in [6.07, 6.45) is 1.87. The lowest BCUT2D eigenvalue weighted by Crippen LogP contribution is -2.44. The maximum Gasteiger partial charge on any atom is 0.323 e. The van der Waals surface area contributed by atoms with Crippen molar-refractivity contribution in [2.75, 3.05) is 29.0 Å². The molecule has 0 radical (unpaired) electrons. The number of carbonyl (C=O) groups excluding carboxylic acids is 3. The highest BCUT2D eigenvalue weighted by Gasteiger charge is 2.28. The Morgan fingerprint density at radius 1 is 0.765 bits per heavy atom. The van der Waals surface area contributed by atoms with Gasteiger partial charge in [-0.05, 0) is 48.7 Å². The van der Waals surface area contributed by atoms with Crippen LogP contribution < -0.4 is 16.0 Å². The first-order valence-electron chi connectivity index (χ1n) is 11.4. The second-order valence-corrected chi connectivity index (χ2v) is 8.36. The van der Waals surface area contributed by atoms with Crippen LogP contribution in [0.3, 0.4) is 0 Å². The van der Waals surface area contributed by atoms with Crippen molar-refractivity contribution in [1.29, 1.82) is 0 Å². The van der Waals surface area contributed by atoms with E-state index in [1.807, 2.05) is 48.5 Å². The maximum atomic E-state index is 12.9. The molecule has 1 atom stereocenters. The van der Waals surface area contributed by atoms with Gasteiger partial charge in [-0.3, -0.25) is 9.59 Å². The van der Waals surface area contributed by atoms with Crippen molar-refractivity contribution in [3.8, 4) is 0 Å². The normalized spacial score (nSPS) is 15.3. The first-order chi connectivity index (χ1) is 16.6. The SMILES string of the molecule is O=C(Nc1ccccc1)Nc1cccc(NC(=O)C2CCCN(C(=O)Cc3ccccc3)C2)c1. The number of benzene rings is 3. The van der Waals surface area contributed by atoms with Crippen LogP contribution in [0.5, 0.6) is 0 Å². The van der Waals surface area contributed by atoms with Crippen LogP contribution in [0.1, 0.15) is 18.4 Å². The minimum atomic E-state index is -0.366. The lowest BCUT2D eigenvalue weighted by molar-refractivity contribution is -0.133. The average molecular weight is 457 g/mol. The zero-order chi connectivity index (χ0) is 23.8. The Morgan fingerprint density at radius 2 is 1.38 bits per heavy atom. The molecule has 1 aliphatic rings. The summed E-state index contributed by atoms with van der Waals surface area (Å²) in [4.78, 5) is 39.7. The number of hydrogen-bond donors (Lipinski definition) is 3. The fourth-order valence-corrected chi connectivity index (χ4v) is 4.03. The van der Waals surface area contributed by atoms with Gasteiger partial charge in [-0.15, -0.1) is 0 Å². The van der Waals surface area contributed by atoms with Gasteiger partial charge in [0.1, 0.15) is 0 Å². The third kappa shape index (κ3) is 6.45. The number of nitrogens with zero attached hydrogens (tertiary/aromatic N) is 1. The van der Waals surface area contributed by atoms with E-state index in [4.69, 9.17) is 0 Å². The molecule has 4 amide bonds. The topological polar surface area (TPSA) is 90.5 Å². The second kappa shape index (κ2) is 11.1. The molecule has 0 bridgehead atoms. The van der Waals surface area contributed by atoms with Crippen LogP contribution in [0, 0.1) is 5.92 Å². The third-order valence-corrected chi connectivity index (χ3v) is 5.76. The van der Waals surface area contributed by atoms with E-state index < -0.39 is 0 Å². The number of urea groups is 1. The van der Waals surface area contributed by atoms with Crippen molar-refractivity contribution in [2.24, 2.45) is 5.92 Å². The molecule has 1 aliphatic heterocycles. The quantitative estimate of drug-likeness (QED) is 0.500. The molecule has 1 saturated heterocycles. The molecular weight excluding hydrogens is 428 g/mol. The summed E-state index contributed by atoms with van der Waals surface area (Å²) in [6, 6.07) is 25.4. The molecule has 1 unspecified atom stereocenters. The van der Waals surface area contributed by atoms with E-state index in [-0.39, 0.29) is 23.8 Å². The molecule has 174 valence electrons. The lowest BCUT2D eigenvalue weighted by atomic mass is 9.96. The molecule has 7 nitrogen and oxygen atoms in total. The number of piperidine rings is 1. The van der Waals surface area contributed by atoms with Crippen molar-refractivity contribution >= 4 is 34.9 Å². The molecule has 0 saturated carbocycles. The van der Waals surface area contributed by atoms with E-state index in [1.165, 1.54) is 0 Å². The number of para-hydroxylation sites is 1. The van der Waals surface area contributed by atoms with Crippen molar-refractivity contribution in [3.63, 3.8) is 0 Å². The molecule has 3 N–H and O–H groups in total. The van der Waals surface area contributed by atoms with Gasteiger partial charge in [-0.25, -0.2) is 4.79 Å². The number of likely N-dealkylation sites (tertiary alicyclic amines) is 1. The Morgan fingerprint density at radius 3 is 2.12 bits per heavy atom. The van der Waals surface area contributed by atoms with Crippen LogP contribution in [0.4, 0.5) is 21.9 Å². The number of carbonyl (C=O) groups is 3. The molecule has 3 aromatic carbocycles. The van der Waals surface area contributed by atoms with Gasteiger partial charge in [0, 0.05) is 30.2 Å². The van der Waals surface area contributed by atoms with E-state index in [9.17, 15) is 14.4 Å². The predicted molar refractivity (Wildman–Crippen MR) is 134 cm³/mol. The zero-order valence-electron chi connectivity index (χ0n) is 18.9. The Labute approximate surface area is 199 Å². The van der Waals surface area contributed by atoms with Crippen molar-refractivity contribution in [2.45, 2.75) is 19.3 Å². The minimum Gasteiger partial charge on any atom is -0.342 e. The van der Waals surface area contributed by atoms with Crippen molar-refractivity contribution < 1.29 is 14.4 Å². The number of nitrogens with one attached hydrogen (secondary N) is 3. The van der Waals surface area contributed by atoms with E-state index in [0.717, 1.165) is 18.4 Å². The van der Waals surface area contributed by atoms with Crippen molar-refractivity contribution in [3.05, 3.63) is 90.5 Å². The first kappa shape index (κ1) is 23.0. The molecule has 3 aromatic rings. The van der Waals surface area contributed by atoms with Gasteiger partial charge in [0.05, 0.1) is 12.3 Å². The second-order valence-electron chi connectivity index (χ2n) is 8.36. The number of anilines is 3. The molecule has 1 fully saturated rings. The predicted octanol–water partition coefficient (Wildman–Crippen LogP) is 4.75. The van der Waals surface area contributed by atoms with Gasteiger partial charge in [-0.2, -0.15) is 0 Å². The number of rotatable bonds is 6. The molecule has 0 spiro atoms. The Hall–Kier alpha value is -4.13. The van der Waals surface area contributed by atoms with Gasteiger partial charge >= 0.3 is 6.03 Å². The maximum absolute atomic E-state index is 12.9. The molecular formula is C27H28N4O3. The van der Waals surface area contributed by atoms with E-state index >= 15 is 0 Å². The summed E-state index contributed by atoms with van der Waals surface area (Å²) in [7, 11) is 0. The Balaban J connectivity index is 1.31. The van der Waals surface area contributed by atoms with E-state index in [1.54, 1.807) is 41.3 Å².